The fourth-order valence-electron chi connectivity index (χ4n) is 1.70. The molecule has 1 N–H and O–H groups in total. The van der Waals surface area contributed by atoms with E-state index in [4.69, 9.17) is 5.11 Å². The first kappa shape index (κ1) is 10.5. The normalized spacial score (nSPS) is 15.2. The molecule has 1 aliphatic rings. The van der Waals surface area contributed by atoms with Crippen molar-refractivity contribution >= 4 is 12.4 Å². The summed E-state index contributed by atoms with van der Waals surface area (Å²) in [6.07, 6.45) is 0. The Kier molecular flexibility index (Phi) is 3.72. The summed E-state index contributed by atoms with van der Waals surface area (Å²) in [5.41, 5.74) is 2.82. The lowest BCUT2D eigenvalue weighted by Gasteiger charge is -2.11. The molecular formula is C10H14ClNO. The van der Waals surface area contributed by atoms with Crippen molar-refractivity contribution in [1.29, 1.82) is 0 Å². The maximum absolute atomic E-state index is 8.76. The van der Waals surface area contributed by atoms with Crippen LogP contribution in [0.2, 0.25) is 0 Å². The number of fused-ring (bicyclic) bond motifs is 1. The molecule has 0 aromatic heterocycles. The van der Waals surface area contributed by atoms with Crippen LogP contribution >= 0.6 is 12.4 Å². The largest absolute Gasteiger partial charge is 0.395 e. The minimum Gasteiger partial charge on any atom is -0.395 e. The molecule has 0 unspecified atom stereocenters. The fraction of sp³-hybridized carbons (Fsp3) is 0.400. The molecule has 0 atom stereocenters. The van der Waals surface area contributed by atoms with Crippen LogP contribution in [-0.2, 0) is 13.1 Å². The molecule has 2 nitrogen and oxygen atoms in total. The van der Waals surface area contributed by atoms with E-state index in [-0.39, 0.29) is 19.0 Å². The molecule has 3 heteroatoms. The topological polar surface area (TPSA) is 23.5 Å². The lowest BCUT2D eigenvalue weighted by molar-refractivity contribution is 0.198. The Balaban J connectivity index is 0.000000845. The van der Waals surface area contributed by atoms with Crippen LogP contribution in [0.15, 0.2) is 24.3 Å². The van der Waals surface area contributed by atoms with E-state index in [2.05, 4.69) is 29.2 Å². The number of aliphatic hydroxyl groups excluding tert-OH is 1. The predicted molar refractivity (Wildman–Crippen MR) is 54.9 cm³/mol. The summed E-state index contributed by atoms with van der Waals surface area (Å²) >= 11 is 0. The second-order valence-electron chi connectivity index (χ2n) is 3.20. The van der Waals surface area contributed by atoms with E-state index >= 15 is 0 Å². The quantitative estimate of drug-likeness (QED) is 0.779. The van der Waals surface area contributed by atoms with E-state index in [1.54, 1.807) is 0 Å². The van der Waals surface area contributed by atoms with Crippen molar-refractivity contribution in [2.45, 2.75) is 13.1 Å². The molecule has 0 radical (unpaired) electrons. The fourth-order valence-corrected chi connectivity index (χ4v) is 1.70. The Morgan fingerprint density at radius 3 is 2.15 bits per heavy atom. The number of hydrogen-bond acceptors (Lipinski definition) is 2. The number of benzene rings is 1. The third-order valence-corrected chi connectivity index (χ3v) is 2.32. The summed E-state index contributed by atoms with van der Waals surface area (Å²) in [5.74, 6) is 0. The van der Waals surface area contributed by atoms with Gasteiger partial charge in [-0.25, -0.2) is 0 Å². The number of halogens is 1. The molecule has 1 aromatic rings. The Morgan fingerprint density at radius 2 is 1.69 bits per heavy atom. The van der Waals surface area contributed by atoms with Gasteiger partial charge >= 0.3 is 0 Å². The van der Waals surface area contributed by atoms with E-state index in [1.807, 2.05) is 0 Å². The van der Waals surface area contributed by atoms with Gasteiger partial charge in [0.25, 0.3) is 0 Å². The van der Waals surface area contributed by atoms with Crippen LogP contribution in [0.25, 0.3) is 0 Å². The van der Waals surface area contributed by atoms with E-state index in [1.165, 1.54) is 11.1 Å². The number of hydrogen-bond donors (Lipinski definition) is 1. The second kappa shape index (κ2) is 4.61. The van der Waals surface area contributed by atoms with Gasteiger partial charge in [0.05, 0.1) is 6.61 Å². The van der Waals surface area contributed by atoms with Crippen LogP contribution in [-0.4, -0.2) is 23.2 Å². The average molecular weight is 200 g/mol. The van der Waals surface area contributed by atoms with Crippen LogP contribution in [0.4, 0.5) is 0 Å². The van der Waals surface area contributed by atoms with Crippen LogP contribution in [0.5, 0.6) is 0 Å². The van der Waals surface area contributed by atoms with Gasteiger partial charge < -0.3 is 5.11 Å². The summed E-state index contributed by atoms with van der Waals surface area (Å²) < 4.78 is 0. The predicted octanol–water partition coefficient (Wildman–Crippen LogP) is 1.42. The average Bonchev–Trinajstić information content (AvgIpc) is 2.47. The minimum absolute atomic E-state index is 0. The Bertz CT molecular complexity index is 252. The van der Waals surface area contributed by atoms with Gasteiger partial charge in [0, 0.05) is 19.6 Å². The summed E-state index contributed by atoms with van der Waals surface area (Å²) in [5, 5.41) is 8.76. The SMILES string of the molecule is Cl.OCCN1Cc2ccccc2C1. The molecule has 0 spiro atoms. The molecule has 1 aliphatic heterocycles. The summed E-state index contributed by atoms with van der Waals surface area (Å²) in [7, 11) is 0. The number of aliphatic hydroxyl groups is 1. The van der Waals surface area contributed by atoms with E-state index in [0.29, 0.717) is 0 Å². The molecular weight excluding hydrogens is 186 g/mol. The third kappa shape index (κ3) is 2.21. The van der Waals surface area contributed by atoms with Gasteiger partial charge in [-0.3, -0.25) is 4.90 Å². The highest BCUT2D eigenvalue weighted by Crippen LogP contribution is 2.21. The summed E-state index contributed by atoms with van der Waals surface area (Å²) in [6.45, 7) is 3.04. The highest BCUT2D eigenvalue weighted by Gasteiger charge is 2.16. The van der Waals surface area contributed by atoms with Crippen LogP contribution in [0, 0.1) is 0 Å². The van der Waals surface area contributed by atoms with Gasteiger partial charge in [-0.2, -0.15) is 0 Å². The lowest BCUT2D eigenvalue weighted by atomic mass is 10.1. The molecule has 0 amide bonds. The molecule has 0 bridgehead atoms. The molecule has 2 rings (SSSR count). The first-order valence-corrected chi connectivity index (χ1v) is 4.30. The van der Waals surface area contributed by atoms with Gasteiger partial charge in [0.15, 0.2) is 0 Å². The van der Waals surface area contributed by atoms with E-state index in [9.17, 15) is 0 Å². The van der Waals surface area contributed by atoms with Crippen LogP contribution in [0.1, 0.15) is 11.1 Å². The number of β-amino-alcohol motifs (C(OH)–C–C–N with tert-alkyl or cyclic N) is 1. The summed E-state index contributed by atoms with van der Waals surface area (Å²) in [4.78, 5) is 2.25. The molecule has 13 heavy (non-hydrogen) atoms. The van der Waals surface area contributed by atoms with Gasteiger partial charge in [-0.1, -0.05) is 24.3 Å². The lowest BCUT2D eigenvalue weighted by Crippen LogP contribution is -2.20. The van der Waals surface area contributed by atoms with Crippen molar-refractivity contribution in [3.8, 4) is 0 Å². The maximum atomic E-state index is 8.76. The Labute approximate surface area is 84.6 Å². The standard InChI is InChI=1S/C10H13NO.ClH/c12-6-5-11-7-9-3-1-2-4-10(9)8-11;/h1-4,12H,5-8H2;1H. The molecule has 0 saturated heterocycles. The zero-order valence-electron chi connectivity index (χ0n) is 7.44. The molecule has 0 saturated carbocycles. The zero-order valence-corrected chi connectivity index (χ0v) is 8.26. The van der Waals surface area contributed by atoms with Gasteiger partial charge in [0.1, 0.15) is 0 Å². The van der Waals surface area contributed by atoms with Crippen LogP contribution < -0.4 is 0 Å². The highest BCUT2D eigenvalue weighted by atomic mass is 35.5. The van der Waals surface area contributed by atoms with Crippen LogP contribution in [0.3, 0.4) is 0 Å². The number of rotatable bonds is 2. The molecule has 1 aromatic carbocycles. The van der Waals surface area contributed by atoms with E-state index in [0.717, 1.165) is 19.6 Å². The van der Waals surface area contributed by atoms with Gasteiger partial charge in [-0.15, -0.1) is 12.4 Å². The Morgan fingerprint density at radius 1 is 1.15 bits per heavy atom. The van der Waals surface area contributed by atoms with Crippen molar-refractivity contribution in [3.63, 3.8) is 0 Å². The van der Waals surface area contributed by atoms with Gasteiger partial charge in [-0.05, 0) is 11.1 Å². The number of nitrogens with zero attached hydrogens (tertiary/aromatic N) is 1. The van der Waals surface area contributed by atoms with Crippen molar-refractivity contribution in [3.05, 3.63) is 35.4 Å². The zero-order chi connectivity index (χ0) is 8.39. The van der Waals surface area contributed by atoms with Crippen molar-refractivity contribution in [2.75, 3.05) is 13.2 Å². The summed E-state index contributed by atoms with van der Waals surface area (Å²) in [6, 6.07) is 8.46. The second-order valence-corrected chi connectivity index (χ2v) is 3.20. The third-order valence-electron chi connectivity index (χ3n) is 2.32. The maximum Gasteiger partial charge on any atom is 0.0558 e. The van der Waals surface area contributed by atoms with Gasteiger partial charge in [0.2, 0.25) is 0 Å². The van der Waals surface area contributed by atoms with Crippen molar-refractivity contribution in [2.24, 2.45) is 0 Å². The molecule has 0 aliphatic carbocycles. The molecule has 1 heterocycles. The first-order chi connectivity index (χ1) is 5.90. The Hall–Kier alpha value is -0.570. The highest BCUT2D eigenvalue weighted by molar-refractivity contribution is 5.85. The molecule has 72 valence electrons. The van der Waals surface area contributed by atoms with Crippen molar-refractivity contribution in [1.82, 2.24) is 4.90 Å². The molecule has 0 fully saturated rings. The first-order valence-electron chi connectivity index (χ1n) is 4.30. The monoisotopic (exact) mass is 199 g/mol. The minimum atomic E-state index is 0. The van der Waals surface area contributed by atoms with E-state index < -0.39 is 0 Å². The smallest absolute Gasteiger partial charge is 0.0558 e. The van der Waals surface area contributed by atoms with Crippen molar-refractivity contribution < 1.29 is 5.11 Å².